The second kappa shape index (κ2) is 38.8. The predicted octanol–water partition coefficient (Wildman–Crippen LogP) is 15.4. The molecule has 4 amide bonds. The summed E-state index contributed by atoms with van der Waals surface area (Å²) >= 11 is 1.46. The van der Waals surface area contributed by atoms with Crippen molar-refractivity contribution in [3.8, 4) is 17.2 Å². The number of thioether (sulfide) groups is 1. The van der Waals surface area contributed by atoms with Crippen LogP contribution < -0.4 is 24.6 Å². The number of carbonyl (C=O) groups excluding carboxylic acids is 4. The Balaban J connectivity index is 0.852. The summed E-state index contributed by atoms with van der Waals surface area (Å²) in [5, 5.41) is 1.52. The van der Waals surface area contributed by atoms with Crippen LogP contribution >= 0.6 is 11.8 Å². The van der Waals surface area contributed by atoms with Gasteiger partial charge >= 0.3 is 0 Å². The van der Waals surface area contributed by atoms with E-state index in [-0.39, 0.29) is 68.5 Å². The third kappa shape index (κ3) is 18.2. The minimum atomic E-state index is -3.59. The Morgan fingerprint density at radius 2 is 0.863 bits per heavy atom. The number of rotatable bonds is 32. The summed E-state index contributed by atoms with van der Waals surface area (Å²) in [6, 6.07) is 83.6. The average molecular weight is 1710 g/mol. The highest BCUT2D eigenvalue weighted by molar-refractivity contribution is 7.99. The van der Waals surface area contributed by atoms with Gasteiger partial charge < -0.3 is 75.5 Å². The van der Waals surface area contributed by atoms with Crippen molar-refractivity contribution in [2.75, 3.05) is 40.3 Å². The van der Waals surface area contributed by atoms with E-state index in [4.69, 9.17) is 75.5 Å². The number of benzene rings is 10. The van der Waals surface area contributed by atoms with E-state index in [0.717, 1.165) is 61.7 Å². The number of ether oxygens (including phenoxy) is 15. The molecule has 6 aliphatic heterocycles. The zero-order valence-corrected chi connectivity index (χ0v) is 72.1. The zero-order valence-electron chi connectivity index (χ0n) is 70.2. The molecule has 0 unspecified atom stereocenters. The minimum absolute atomic E-state index is 0.0554. The number of amides is 4. The smallest absolute Gasteiger partial charge is 0.262 e. The van der Waals surface area contributed by atoms with Crippen molar-refractivity contribution < 1.29 is 94.7 Å². The van der Waals surface area contributed by atoms with E-state index in [1.54, 1.807) is 87.0 Å². The fraction of sp³-hybridized carbons (Fsp3) is 0.360. The normalized spacial score (nSPS) is 25.8. The van der Waals surface area contributed by atoms with Gasteiger partial charge in [0.15, 0.2) is 24.7 Å². The van der Waals surface area contributed by atoms with Gasteiger partial charge in [-0.25, -0.2) is 0 Å². The molecule has 1 aliphatic carbocycles. The Labute approximate surface area is 728 Å². The summed E-state index contributed by atoms with van der Waals surface area (Å²) in [7, 11) is -0.424. The number of methoxy groups -OCH3 is 2. The maximum absolute atomic E-state index is 16.3. The molecule has 5 fully saturated rings. The topological polar surface area (TPSA) is 222 Å². The van der Waals surface area contributed by atoms with Crippen molar-refractivity contribution in [2.45, 2.75) is 188 Å². The third-order valence-corrected chi connectivity index (χ3v) is 30.3. The fourth-order valence-electron chi connectivity index (χ4n) is 18.3. The van der Waals surface area contributed by atoms with Crippen LogP contribution in [0.15, 0.2) is 279 Å². The maximum atomic E-state index is 16.3. The van der Waals surface area contributed by atoms with E-state index in [9.17, 15) is 0 Å². The summed E-state index contributed by atoms with van der Waals surface area (Å²) in [5.74, 6) is -2.09. The molecule has 7 aliphatic rings. The molecule has 124 heavy (non-hydrogen) atoms. The van der Waals surface area contributed by atoms with Crippen LogP contribution in [0.3, 0.4) is 0 Å². The van der Waals surface area contributed by atoms with Crippen LogP contribution in [0.4, 0.5) is 0 Å². The Bertz CT molecular complexity index is 5110. The molecule has 4 saturated heterocycles. The molecule has 0 radical (unpaired) electrons. The molecule has 22 nitrogen and oxygen atoms in total. The Morgan fingerprint density at radius 1 is 0.444 bits per heavy atom. The van der Waals surface area contributed by atoms with E-state index < -0.39 is 140 Å². The summed E-state index contributed by atoms with van der Waals surface area (Å²) in [6.07, 6.45) is -10.4. The van der Waals surface area contributed by atoms with Crippen LogP contribution in [0.2, 0.25) is 5.04 Å². The summed E-state index contributed by atoms with van der Waals surface area (Å²) in [4.78, 5) is 66.2. The second-order valence-electron chi connectivity index (χ2n) is 33.2. The first kappa shape index (κ1) is 86.1. The molecule has 16 atom stereocenters. The first-order chi connectivity index (χ1) is 60.6. The van der Waals surface area contributed by atoms with Crippen molar-refractivity contribution >= 4 is 54.1 Å². The first-order valence-corrected chi connectivity index (χ1v) is 45.8. The summed E-state index contributed by atoms with van der Waals surface area (Å²) in [5.41, 5.74) is 3.25. The molecule has 24 heteroatoms. The lowest BCUT2D eigenvalue weighted by atomic mass is 9.90. The van der Waals surface area contributed by atoms with Crippen LogP contribution in [-0.4, -0.2) is 179 Å². The maximum Gasteiger partial charge on any atom is 0.262 e. The van der Waals surface area contributed by atoms with Crippen molar-refractivity contribution in [3.63, 3.8) is 0 Å². The number of hydrogen-bond donors (Lipinski definition) is 0. The van der Waals surface area contributed by atoms with Gasteiger partial charge in [0.25, 0.3) is 31.9 Å². The van der Waals surface area contributed by atoms with E-state index in [1.165, 1.54) is 11.8 Å². The van der Waals surface area contributed by atoms with Gasteiger partial charge in [-0.3, -0.25) is 29.0 Å². The molecule has 0 bridgehead atoms. The molecule has 1 spiro atoms. The van der Waals surface area contributed by atoms with E-state index >= 15 is 19.2 Å². The molecular formula is C100H104N2O20SSi. The number of hydrogen-bond acceptors (Lipinski definition) is 21. The molecule has 0 N–H and O–H groups in total. The molecular weight excluding hydrogens is 1610 g/mol. The zero-order chi connectivity index (χ0) is 85.3. The van der Waals surface area contributed by atoms with E-state index in [1.807, 2.05) is 164 Å². The molecule has 1 saturated carbocycles. The largest absolute Gasteiger partial charge is 0.497 e. The quantitative estimate of drug-likeness (QED) is 0.0217. The van der Waals surface area contributed by atoms with Crippen LogP contribution in [0.5, 0.6) is 17.2 Å². The highest BCUT2D eigenvalue weighted by Gasteiger charge is 2.64. The molecule has 10 aromatic rings. The van der Waals surface area contributed by atoms with Crippen LogP contribution in [0.25, 0.3) is 0 Å². The Kier molecular flexibility index (Phi) is 26.9. The summed E-state index contributed by atoms with van der Waals surface area (Å²) < 4.78 is 117. The van der Waals surface area contributed by atoms with Crippen molar-refractivity contribution in [1.29, 1.82) is 0 Å². The standard InChI is InChI=1S/C100H104N2O20SSi/c1-99(2,3)124(73-40-22-11-23-41-73,74-42-24-12-25-43-74)122-89-86-81(64-114-100(121-86)56-30-13-31-57-100)117-98(123-6)90(89)120-95(69-48-50-70(107-4)51-49-69)118-84-79(62-109-58-65-32-14-7-15-33-65)116-97(83(88(84)112-60-67-36-18-9-19-37-67)102-93(105)77-46-28-29-47-78(77)94(102)106)119-85-80(63-110-72-54-52-71(108-5)53-55-72)115-96(113-61-68-38-20-10-21-39-68)82(87(85)111-59-66-34-16-8-17-35-66)101-91(103)75-44-26-27-45-76(75)92(101)104/h7-12,14-29,32-55,79-90,95-98H,13,30-31,56-64H2,1-6H3/t79-,80-,81-,82-,83-,84-,85-,86-,87-,88-,89+,90+,95+,96-,97+,98-/m1/s1. The van der Waals surface area contributed by atoms with Crippen molar-refractivity contribution in [1.82, 2.24) is 9.80 Å². The number of imide groups is 2. The van der Waals surface area contributed by atoms with Crippen LogP contribution in [0, 0.1) is 0 Å². The molecule has 644 valence electrons. The van der Waals surface area contributed by atoms with Gasteiger partial charge in [-0.1, -0.05) is 246 Å². The predicted molar refractivity (Wildman–Crippen MR) is 466 cm³/mol. The lowest BCUT2D eigenvalue weighted by Gasteiger charge is -2.56. The summed E-state index contributed by atoms with van der Waals surface area (Å²) in [6.45, 7) is 6.16. The van der Waals surface area contributed by atoms with Gasteiger partial charge in [-0.2, -0.15) is 0 Å². The Hall–Kier alpha value is -10.1. The average Bonchev–Trinajstić information content (AvgIpc) is 1.31. The monoisotopic (exact) mass is 1710 g/mol. The molecule has 17 rings (SSSR count). The van der Waals surface area contributed by atoms with Gasteiger partial charge in [0.2, 0.25) is 0 Å². The molecule has 0 aromatic heterocycles. The highest BCUT2D eigenvalue weighted by atomic mass is 32.2. The third-order valence-electron chi connectivity index (χ3n) is 24.4. The molecule has 10 aromatic carbocycles. The van der Waals surface area contributed by atoms with E-state index in [2.05, 4.69) is 69.3 Å². The number of fused-ring (bicyclic) bond motifs is 3. The van der Waals surface area contributed by atoms with Gasteiger partial charge in [0, 0.05) is 18.4 Å². The SMILES string of the molecule is COc1ccc(OC[C@H]2O[C@@H](OCc3ccccc3)[C@H](N3C(=O)c4ccccc4C3=O)[C@@H](OCc3ccccc3)[C@@H]2O[C@@H]2O[C@H](COCc3ccccc3)[C@@H](O[C@@H](O[C@H]3[C@@H](O[Si](c4ccccc4)(c4ccccc4)C(C)(C)C)[C@@H]4OC5(CCCCC5)OC[C@H]4O[C@@H]3SC)c3ccc(OC)cc3)[C@H](OCc3ccccc3)[C@H]2N2C(=O)c3ccccc3C2=O)cc1. The van der Waals surface area contributed by atoms with Crippen LogP contribution in [0.1, 0.15) is 128 Å². The van der Waals surface area contributed by atoms with Gasteiger partial charge in [0.1, 0.15) is 102 Å². The Morgan fingerprint density at radius 3 is 1.35 bits per heavy atom. The van der Waals surface area contributed by atoms with Gasteiger partial charge in [0.05, 0.1) is 76.1 Å². The second-order valence-corrected chi connectivity index (χ2v) is 38.4. The lowest BCUT2D eigenvalue weighted by Crippen LogP contribution is -2.73. The molecule has 6 heterocycles. The number of carbonyl (C=O) groups is 4. The lowest BCUT2D eigenvalue weighted by molar-refractivity contribution is -0.382. The minimum Gasteiger partial charge on any atom is -0.497 e. The van der Waals surface area contributed by atoms with Crippen molar-refractivity contribution in [2.24, 2.45) is 0 Å². The first-order valence-electron chi connectivity index (χ1n) is 42.6. The highest BCUT2D eigenvalue weighted by Crippen LogP contribution is 2.50. The number of nitrogens with zero attached hydrogens (tertiary/aromatic N) is 2. The van der Waals surface area contributed by atoms with Gasteiger partial charge in [-0.15, -0.1) is 11.8 Å². The van der Waals surface area contributed by atoms with E-state index in [0.29, 0.717) is 35.7 Å². The van der Waals surface area contributed by atoms with Gasteiger partial charge in [-0.05, 0) is 117 Å². The fourth-order valence-corrected chi connectivity index (χ4v) is 23.7. The van der Waals surface area contributed by atoms with Crippen molar-refractivity contribution in [3.05, 3.63) is 329 Å². The van der Waals surface area contributed by atoms with Crippen LogP contribution in [-0.2, 0) is 87.7 Å².